The summed E-state index contributed by atoms with van der Waals surface area (Å²) in [6.45, 7) is 1.05. The second kappa shape index (κ2) is 7.24. The molecule has 0 spiro atoms. The van der Waals surface area contributed by atoms with E-state index >= 15 is 0 Å². The fraction of sp³-hybridized carbons (Fsp3) is 0.381. The zero-order valence-electron chi connectivity index (χ0n) is 15.6. The number of nitrogens with zero attached hydrogens (tertiary/aromatic N) is 2. The molecule has 2 aromatic rings. The maximum absolute atomic E-state index is 13.0. The molecule has 1 saturated heterocycles. The van der Waals surface area contributed by atoms with Crippen LogP contribution in [0, 0.1) is 11.3 Å². The summed E-state index contributed by atoms with van der Waals surface area (Å²) < 4.78 is 11.0. The van der Waals surface area contributed by atoms with Gasteiger partial charge in [-0.25, -0.2) is 4.98 Å². The molecule has 4 rings (SSSR count). The first-order valence-electron chi connectivity index (χ1n) is 9.22. The van der Waals surface area contributed by atoms with Crippen molar-refractivity contribution >= 4 is 11.9 Å². The second-order valence-electron chi connectivity index (χ2n) is 7.39. The minimum Gasteiger partial charge on any atom is -0.493 e. The van der Waals surface area contributed by atoms with Crippen molar-refractivity contribution in [3.05, 3.63) is 59.4 Å². The Morgan fingerprint density at radius 3 is 2.89 bits per heavy atom. The lowest BCUT2D eigenvalue weighted by Crippen LogP contribution is -2.42. The summed E-state index contributed by atoms with van der Waals surface area (Å²) in [4.78, 5) is 31.3. The van der Waals surface area contributed by atoms with Gasteiger partial charge in [-0.1, -0.05) is 24.3 Å². The van der Waals surface area contributed by atoms with Crippen LogP contribution in [0.15, 0.2) is 42.5 Å². The Morgan fingerprint density at radius 1 is 1.29 bits per heavy atom. The van der Waals surface area contributed by atoms with Gasteiger partial charge in [0.2, 0.25) is 0 Å². The molecule has 0 unspecified atom stereocenters. The molecule has 1 aromatic carbocycles. The van der Waals surface area contributed by atoms with Gasteiger partial charge in [-0.2, -0.15) is 0 Å². The number of pyridine rings is 1. The summed E-state index contributed by atoms with van der Waals surface area (Å²) in [6, 6.07) is 12.7. The van der Waals surface area contributed by atoms with E-state index in [0.717, 1.165) is 11.3 Å². The van der Waals surface area contributed by atoms with Gasteiger partial charge in [-0.15, -0.1) is 0 Å². The van der Waals surface area contributed by atoms with Crippen LogP contribution in [0.5, 0.6) is 5.75 Å². The highest BCUT2D eigenvalue weighted by atomic mass is 16.5. The fourth-order valence-electron chi connectivity index (χ4n) is 4.17. The molecule has 28 heavy (non-hydrogen) atoms. The average Bonchev–Trinajstić information content (AvgIpc) is 2.99. The number of hydrogen-bond acceptors (Lipinski definition) is 5. The van der Waals surface area contributed by atoms with Gasteiger partial charge in [0, 0.05) is 26.1 Å². The number of methoxy groups -OCH3 is 1. The number of para-hydroxylation sites is 1. The van der Waals surface area contributed by atoms with Gasteiger partial charge in [0.1, 0.15) is 11.4 Å². The largest absolute Gasteiger partial charge is 0.493 e. The molecule has 0 saturated carbocycles. The Balaban J connectivity index is 1.62. The Labute approximate surface area is 162 Å². The molecule has 7 nitrogen and oxygen atoms in total. The zero-order chi connectivity index (χ0) is 19.7. The van der Waals surface area contributed by atoms with Gasteiger partial charge in [0.25, 0.3) is 5.91 Å². The van der Waals surface area contributed by atoms with Crippen LogP contribution in [0.3, 0.4) is 0 Å². The number of fused-ring (bicyclic) bond motifs is 2. The van der Waals surface area contributed by atoms with Crippen molar-refractivity contribution in [1.29, 1.82) is 0 Å². The van der Waals surface area contributed by atoms with Gasteiger partial charge in [0.15, 0.2) is 0 Å². The van der Waals surface area contributed by atoms with E-state index in [1.165, 1.54) is 0 Å². The number of benzene rings is 1. The van der Waals surface area contributed by atoms with Gasteiger partial charge >= 0.3 is 5.97 Å². The zero-order valence-corrected chi connectivity index (χ0v) is 15.6. The summed E-state index contributed by atoms with van der Waals surface area (Å²) in [7, 11) is 1.57. The van der Waals surface area contributed by atoms with E-state index < -0.39 is 11.4 Å². The molecule has 0 radical (unpaired) electrons. The number of rotatable bonds is 4. The Kier molecular flexibility index (Phi) is 4.77. The molecule has 2 aliphatic rings. The lowest BCUT2D eigenvalue weighted by molar-refractivity contribution is -0.150. The number of carbonyl (C=O) groups excluding carboxylic acids is 1. The molecule has 2 aliphatic heterocycles. The molecule has 146 valence electrons. The highest BCUT2D eigenvalue weighted by Gasteiger charge is 2.55. The second-order valence-corrected chi connectivity index (χ2v) is 7.39. The molecular weight excluding hydrogens is 360 g/mol. The Morgan fingerprint density at radius 2 is 2.11 bits per heavy atom. The maximum Gasteiger partial charge on any atom is 0.312 e. The third kappa shape index (κ3) is 3.11. The van der Waals surface area contributed by atoms with Crippen LogP contribution in [0.1, 0.15) is 21.7 Å². The van der Waals surface area contributed by atoms with Crippen LogP contribution >= 0.6 is 0 Å². The van der Waals surface area contributed by atoms with E-state index in [-0.39, 0.29) is 25.0 Å². The Bertz CT molecular complexity index is 915. The van der Waals surface area contributed by atoms with Crippen LogP contribution in [0.4, 0.5) is 0 Å². The smallest absolute Gasteiger partial charge is 0.312 e. The predicted octanol–water partition coefficient (Wildman–Crippen LogP) is 2.01. The molecule has 2 atom stereocenters. The van der Waals surface area contributed by atoms with E-state index in [0.29, 0.717) is 31.0 Å². The van der Waals surface area contributed by atoms with Crippen molar-refractivity contribution in [3.63, 3.8) is 0 Å². The Hall–Kier alpha value is -2.93. The maximum atomic E-state index is 13.0. The van der Waals surface area contributed by atoms with Gasteiger partial charge < -0.3 is 19.5 Å². The minimum absolute atomic E-state index is 0.139. The standard InChI is InChI=1S/C21H22N2O5/c1-27-12-16-6-4-7-17(22-16)19(24)23-10-15-11-28-18-8-3-2-5-14(18)9-21(15,13-23)20(25)26/h2-8,15H,9-13H2,1H3,(H,25,26)/t15-,21+/m0/s1. The molecule has 1 amide bonds. The fourth-order valence-corrected chi connectivity index (χ4v) is 4.17. The number of ether oxygens (including phenoxy) is 2. The number of carbonyl (C=O) groups is 2. The molecule has 1 aromatic heterocycles. The first-order chi connectivity index (χ1) is 13.5. The van der Waals surface area contributed by atoms with Gasteiger partial charge in [-0.05, 0) is 30.2 Å². The molecule has 1 N–H and O–H groups in total. The third-order valence-corrected chi connectivity index (χ3v) is 5.65. The molecule has 0 bridgehead atoms. The van der Waals surface area contributed by atoms with Crippen molar-refractivity contribution in [3.8, 4) is 5.75 Å². The number of hydrogen-bond donors (Lipinski definition) is 1. The summed E-state index contributed by atoms with van der Waals surface area (Å²) in [5.74, 6) is -0.720. The first-order valence-corrected chi connectivity index (χ1v) is 9.22. The summed E-state index contributed by atoms with van der Waals surface area (Å²) in [5.41, 5.74) is 0.758. The van der Waals surface area contributed by atoms with E-state index in [1.54, 1.807) is 30.2 Å². The highest BCUT2D eigenvalue weighted by molar-refractivity contribution is 5.93. The van der Waals surface area contributed by atoms with E-state index in [1.807, 2.05) is 24.3 Å². The highest BCUT2D eigenvalue weighted by Crippen LogP contribution is 2.44. The minimum atomic E-state index is -1.06. The van der Waals surface area contributed by atoms with E-state index in [2.05, 4.69) is 4.98 Å². The summed E-state index contributed by atoms with van der Waals surface area (Å²) >= 11 is 0. The number of carboxylic acid groups (broad SMARTS) is 1. The molecule has 0 aliphatic carbocycles. The van der Waals surface area contributed by atoms with Crippen molar-refractivity contribution < 1.29 is 24.2 Å². The number of amides is 1. The van der Waals surface area contributed by atoms with Crippen LogP contribution < -0.4 is 4.74 Å². The van der Waals surface area contributed by atoms with Crippen LogP contribution in [0.25, 0.3) is 0 Å². The molecule has 1 fully saturated rings. The predicted molar refractivity (Wildman–Crippen MR) is 100 cm³/mol. The first kappa shape index (κ1) is 18.4. The summed E-state index contributed by atoms with van der Waals surface area (Å²) in [6.07, 6.45) is 0.337. The molecule has 3 heterocycles. The summed E-state index contributed by atoms with van der Waals surface area (Å²) in [5, 5.41) is 10.1. The van der Waals surface area contributed by atoms with Crippen molar-refractivity contribution in [2.45, 2.75) is 13.0 Å². The molecular formula is C21H22N2O5. The van der Waals surface area contributed by atoms with Crippen molar-refractivity contribution in [2.75, 3.05) is 26.8 Å². The van der Waals surface area contributed by atoms with Crippen molar-refractivity contribution in [1.82, 2.24) is 9.88 Å². The van der Waals surface area contributed by atoms with Gasteiger partial charge in [-0.3, -0.25) is 9.59 Å². The van der Waals surface area contributed by atoms with Crippen LogP contribution in [-0.4, -0.2) is 53.7 Å². The van der Waals surface area contributed by atoms with Crippen LogP contribution in [0.2, 0.25) is 0 Å². The van der Waals surface area contributed by atoms with Crippen LogP contribution in [-0.2, 0) is 22.6 Å². The van der Waals surface area contributed by atoms with E-state index in [9.17, 15) is 14.7 Å². The molecule has 7 heteroatoms. The number of likely N-dealkylation sites (tertiary alicyclic amines) is 1. The number of carboxylic acids is 1. The van der Waals surface area contributed by atoms with E-state index in [4.69, 9.17) is 9.47 Å². The van der Waals surface area contributed by atoms with Gasteiger partial charge in [0.05, 0.1) is 24.3 Å². The monoisotopic (exact) mass is 382 g/mol. The third-order valence-electron chi connectivity index (χ3n) is 5.65. The normalized spacial score (nSPS) is 23.3. The number of aromatic nitrogens is 1. The lowest BCUT2D eigenvalue weighted by Gasteiger charge is -2.27. The SMILES string of the molecule is COCc1cccc(C(=O)N2C[C@H]3COc4ccccc4C[C@@]3(C(=O)O)C2)n1. The van der Waals surface area contributed by atoms with Crippen molar-refractivity contribution in [2.24, 2.45) is 11.3 Å². The lowest BCUT2D eigenvalue weighted by atomic mass is 9.74. The quantitative estimate of drug-likeness (QED) is 0.870. The average molecular weight is 382 g/mol. The topological polar surface area (TPSA) is 89.0 Å². The number of aliphatic carboxylic acids is 1.